The molecular formula is C21H27N3O7S. The molecule has 0 fully saturated rings. The summed E-state index contributed by atoms with van der Waals surface area (Å²) in [5.74, 6) is 0. The van der Waals surface area contributed by atoms with Crippen LogP contribution in [0.5, 0.6) is 0 Å². The molecule has 174 valence electrons. The molecule has 0 unspecified atom stereocenters. The van der Waals surface area contributed by atoms with Gasteiger partial charge in [0.05, 0.1) is 44.8 Å². The molecule has 0 aromatic heterocycles. The van der Waals surface area contributed by atoms with Crippen LogP contribution in [0, 0.1) is 0 Å². The van der Waals surface area contributed by atoms with Gasteiger partial charge in [-0.25, -0.2) is 0 Å². The first-order chi connectivity index (χ1) is 15.3. The molecule has 2 aromatic rings. The SMILES string of the molecule is CS(=O)(=O)O[C@H](CO)[C@@H](OCc1ccccc1)[C@@H](O)[C@H](COCc1ccccc1)N=[N+]=[N-]. The minimum atomic E-state index is -3.97. The third-order valence-corrected chi connectivity index (χ3v) is 5.06. The normalized spacial score (nSPS) is 15.3. The fourth-order valence-electron chi connectivity index (χ4n) is 2.96. The maximum absolute atomic E-state index is 11.6. The van der Waals surface area contributed by atoms with Gasteiger partial charge in [0.15, 0.2) is 0 Å². The number of hydrogen-bond acceptors (Lipinski definition) is 8. The lowest BCUT2D eigenvalue weighted by atomic mass is 10.0. The average Bonchev–Trinajstić information content (AvgIpc) is 2.78. The van der Waals surface area contributed by atoms with E-state index in [1.165, 1.54) is 0 Å². The molecule has 0 aliphatic heterocycles. The van der Waals surface area contributed by atoms with E-state index in [4.69, 9.17) is 19.2 Å². The third-order valence-electron chi connectivity index (χ3n) is 4.46. The second kappa shape index (κ2) is 13.1. The Hall–Kier alpha value is -2.50. The van der Waals surface area contributed by atoms with E-state index in [9.17, 15) is 18.6 Å². The Balaban J connectivity index is 2.16. The highest BCUT2D eigenvalue weighted by Gasteiger charge is 2.37. The van der Waals surface area contributed by atoms with Gasteiger partial charge in [0.1, 0.15) is 12.2 Å². The van der Waals surface area contributed by atoms with Crippen molar-refractivity contribution < 1.29 is 32.3 Å². The smallest absolute Gasteiger partial charge is 0.264 e. The molecule has 32 heavy (non-hydrogen) atoms. The molecule has 4 atom stereocenters. The fraction of sp³-hybridized carbons (Fsp3) is 0.429. The molecule has 0 spiro atoms. The molecule has 10 nitrogen and oxygen atoms in total. The molecule has 0 saturated heterocycles. The predicted octanol–water partition coefficient (Wildman–Crippen LogP) is 2.17. The van der Waals surface area contributed by atoms with E-state index in [0.717, 1.165) is 17.4 Å². The van der Waals surface area contributed by atoms with Crippen LogP contribution in [-0.2, 0) is 37.0 Å². The van der Waals surface area contributed by atoms with E-state index in [2.05, 4.69) is 10.0 Å². The number of nitrogens with zero attached hydrogens (tertiary/aromatic N) is 3. The van der Waals surface area contributed by atoms with Crippen molar-refractivity contribution in [1.29, 1.82) is 0 Å². The summed E-state index contributed by atoms with van der Waals surface area (Å²) in [6, 6.07) is 17.1. The maximum atomic E-state index is 11.6. The molecule has 2 rings (SSSR count). The molecule has 2 N–H and O–H groups in total. The van der Waals surface area contributed by atoms with Crippen molar-refractivity contribution in [2.45, 2.75) is 37.6 Å². The third kappa shape index (κ3) is 8.93. The summed E-state index contributed by atoms with van der Waals surface area (Å²) >= 11 is 0. The first kappa shape index (κ1) is 25.8. The molecule has 11 heteroatoms. The summed E-state index contributed by atoms with van der Waals surface area (Å²) in [5, 5.41) is 24.2. The zero-order chi connectivity index (χ0) is 23.4. The van der Waals surface area contributed by atoms with Crippen LogP contribution >= 0.6 is 0 Å². The lowest BCUT2D eigenvalue weighted by Gasteiger charge is -2.32. The van der Waals surface area contributed by atoms with Crippen molar-refractivity contribution in [3.8, 4) is 0 Å². The minimum Gasteiger partial charge on any atom is -0.394 e. The lowest BCUT2D eigenvalue weighted by Crippen LogP contribution is -2.49. The van der Waals surface area contributed by atoms with E-state index in [1.807, 2.05) is 36.4 Å². The molecule has 0 saturated carbocycles. The van der Waals surface area contributed by atoms with Crippen LogP contribution in [0.2, 0.25) is 0 Å². The zero-order valence-electron chi connectivity index (χ0n) is 17.6. The molecular weight excluding hydrogens is 438 g/mol. The molecule has 0 aliphatic rings. The number of aliphatic hydroxyl groups excluding tert-OH is 2. The first-order valence-corrected chi connectivity index (χ1v) is 11.6. The van der Waals surface area contributed by atoms with Crippen LogP contribution in [0.15, 0.2) is 65.8 Å². The summed E-state index contributed by atoms with van der Waals surface area (Å²) in [6.45, 7) is -0.705. The highest BCUT2D eigenvalue weighted by Crippen LogP contribution is 2.19. The molecule has 2 aromatic carbocycles. The van der Waals surface area contributed by atoms with Gasteiger partial charge in [0.25, 0.3) is 10.1 Å². The molecule has 0 heterocycles. The summed E-state index contributed by atoms with van der Waals surface area (Å²) < 4.78 is 39.5. The second-order valence-corrected chi connectivity index (χ2v) is 8.65. The number of hydrogen-bond donors (Lipinski definition) is 2. The van der Waals surface area contributed by atoms with Gasteiger partial charge in [-0.1, -0.05) is 65.8 Å². The number of azide groups is 1. The monoisotopic (exact) mass is 465 g/mol. The Labute approximate surface area is 187 Å². The standard InChI is InChI=1S/C21H27N3O7S/c1-32(27,28)31-19(12-25)21(30-14-17-10-6-3-7-11-17)20(26)18(23-24-22)15-29-13-16-8-4-2-5-9-16/h2-11,18-21,25-26H,12-15H2,1H3/t18-,19+,20-,21+/m0/s1. The van der Waals surface area contributed by atoms with E-state index in [0.29, 0.717) is 0 Å². The van der Waals surface area contributed by atoms with Crippen molar-refractivity contribution in [1.82, 2.24) is 0 Å². The van der Waals surface area contributed by atoms with Crippen LogP contribution in [0.3, 0.4) is 0 Å². The van der Waals surface area contributed by atoms with Crippen molar-refractivity contribution in [3.63, 3.8) is 0 Å². The quantitative estimate of drug-likeness (QED) is 0.188. The Morgan fingerprint density at radius 2 is 1.59 bits per heavy atom. The second-order valence-electron chi connectivity index (χ2n) is 7.05. The van der Waals surface area contributed by atoms with Crippen LogP contribution in [0.1, 0.15) is 11.1 Å². The number of aliphatic hydroxyl groups is 2. The topological polar surface area (TPSA) is 151 Å². The Kier molecular flexibility index (Phi) is 10.6. The van der Waals surface area contributed by atoms with Crippen LogP contribution in [0.4, 0.5) is 0 Å². The molecule has 0 radical (unpaired) electrons. The van der Waals surface area contributed by atoms with Gasteiger partial charge in [0.2, 0.25) is 0 Å². The maximum Gasteiger partial charge on any atom is 0.264 e. The van der Waals surface area contributed by atoms with Gasteiger partial charge in [0, 0.05) is 4.91 Å². The molecule has 0 bridgehead atoms. The Bertz CT molecular complexity index is 954. The van der Waals surface area contributed by atoms with E-state index < -0.39 is 41.1 Å². The predicted molar refractivity (Wildman–Crippen MR) is 117 cm³/mol. The number of benzene rings is 2. The summed E-state index contributed by atoms with van der Waals surface area (Å²) in [7, 11) is -3.97. The molecule has 0 amide bonds. The highest BCUT2D eigenvalue weighted by molar-refractivity contribution is 7.86. The van der Waals surface area contributed by atoms with Crippen molar-refractivity contribution >= 4 is 10.1 Å². The van der Waals surface area contributed by atoms with Gasteiger partial charge >= 0.3 is 0 Å². The van der Waals surface area contributed by atoms with E-state index in [-0.39, 0.29) is 19.8 Å². The van der Waals surface area contributed by atoms with Gasteiger partial charge in [-0.2, -0.15) is 8.42 Å². The number of ether oxygens (including phenoxy) is 2. The Morgan fingerprint density at radius 3 is 2.09 bits per heavy atom. The summed E-state index contributed by atoms with van der Waals surface area (Å²) in [6.07, 6.45) is -3.45. The first-order valence-electron chi connectivity index (χ1n) is 9.82. The fourth-order valence-corrected chi connectivity index (χ4v) is 3.58. The highest BCUT2D eigenvalue weighted by atomic mass is 32.2. The summed E-state index contributed by atoms with van der Waals surface area (Å²) in [5.41, 5.74) is 10.6. The van der Waals surface area contributed by atoms with Gasteiger partial charge < -0.3 is 19.7 Å². The van der Waals surface area contributed by atoms with Crippen molar-refractivity contribution in [3.05, 3.63) is 82.2 Å². The van der Waals surface area contributed by atoms with Crippen LogP contribution in [0.25, 0.3) is 10.4 Å². The lowest BCUT2D eigenvalue weighted by molar-refractivity contribution is -0.120. The van der Waals surface area contributed by atoms with E-state index >= 15 is 0 Å². The van der Waals surface area contributed by atoms with Crippen molar-refractivity contribution in [2.75, 3.05) is 19.5 Å². The minimum absolute atomic E-state index is 0.0000485. The van der Waals surface area contributed by atoms with Gasteiger partial charge in [-0.05, 0) is 16.7 Å². The van der Waals surface area contributed by atoms with Crippen molar-refractivity contribution in [2.24, 2.45) is 5.11 Å². The average molecular weight is 466 g/mol. The Morgan fingerprint density at radius 1 is 1.03 bits per heavy atom. The summed E-state index contributed by atoms with van der Waals surface area (Å²) in [4.78, 5) is 2.75. The molecule has 0 aliphatic carbocycles. The number of rotatable bonds is 14. The van der Waals surface area contributed by atoms with Gasteiger partial charge in [-0.15, -0.1) is 0 Å². The van der Waals surface area contributed by atoms with Gasteiger partial charge in [-0.3, -0.25) is 4.18 Å². The zero-order valence-corrected chi connectivity index (χ0v) is 18.4. The van der Waals surface area contributed by atoms with Crippen LogP contribution < -0.4 is 0 Å². The largest absolute Gasteiger partial charge is 0.394 e. The van der Waals surface area contributed by atoms with E-state index in [1.54, 1.807) is 24.3 Å². The van der Waals surface area contributed by atoms with Crippen LogP contribution in [-0.4, -0.2) is 62.5 Å².